The zero-order valence-electron chi connectivity index (χ0n) is 18.4. The van der Waals surface area contributed by atoms with Crippen molar-refractivity contribution in [2.45, 2.75) is 58.5 Å². The van der Waals surface area contributed by atoms with Crippen molar-refractivity contribution in [3.05, 3.63) is 52.1 Å². The van der Waals surface area contributed by atoms with Gasteiger partial charge in [-0.1, -0.05) is 0 Å². The van der Waals surface area contributed by atoms with Crippen LogP contribution in [0.4, 0.5) is 10.1 Å². The van der Waals surface area contributed by atoms with E-state index >= 15 is 0 Å². The van der Waals surface area contributed by atoms with E-state index in [1.165, 1.54) is 25.1 Å². The fraction of sp³-hybridized carbons (Fsp3) is 0.375. The number of hydrogen-bond donors (Lipinski definition) is 4. The number of amides is 3. The number of carbonyl (C=O) groups excluding carboxylic acids is 3. The number of rotatable bonds is 4. The molecule has 0 spiro atoms. The Kier molecular flexibility index (Phi) is 5.86. The average molecular weight is 439 g/mol. The van der Waals surface area contributed by atoms with Crippen LogP contribution in [0, 0.1) is 19.7 Å². The van der Waals surface area contributed by atoms with Gasteiger partial charge in [-0.2, -0.15) is 0 Å². The van der Waals surface area contributed by atoms with Gasteiger partial charge in [0.15, 0.2) is 0 Å². The van der Waals surface area contributed by atoms with Crippen molar-refractivity contribution >= 4 is 35.1 Å². The molecule has 1 aliphatic carbocycles. The number of halogens is 1. The molecule has 1 aromatic carbocycles. The standard InChI is InChI=1S/C24H27FN4O3/c1-12-21(11-19-18-10-15(25)4-9-20(18)29-23(19)31)26-13(2)22(12)24(32)28-17-7-5-16(6-8-17)27-14(3)30/h4,9-11,16-17,26H,5-8H2,1-3H3,(H,27,30)(H,28,32)(H,29,31). The van der Waals surface area contributed by atoms with Crippen LogP contribution in [0.3, 0.4) is 0 Å². The molecule has 2 aliphatic rings. The van der Waals surface area contributed by atoms with Crippen molar-refractivity contribution < 1.29 is 18.8 Å². The molecule has 1 saturated carbocycles. The highest BCUT2D eigenvalue weighted by Crippen LogP contribution is 2.34. The van der Waals surface area contributed by atoms with Gasteiger partial charge in [0.25, 0.3) is 11.8 Å². The van der Waals surface area contributed by atoms with E-state index in [0.29, 0.717) is 33.8 Å². The van der Waals surface area contributed by atoms with E-state index in [1.54, 1.807) is 6.08 Å². The normalized spacial score (nSPS) is 21.2. The van der Waals surface area contributed by atoms with Crippen molar-refractivity contribution in [1.82, 2.24) is 15.6 Å². The second-order valence-electron chi connectivity index (χ2n) is 8.59. The summed E-state index contributed by atoms with van der Waals surface area (Å²) in [5, 5.41) is 8.78. The van der Waals surface area contributed by atoms with Gasteiger partial charge < -0.3 is 20.9 Å². The Morgan fingerprint density at radius 2 is 1.75 bits per heavy atom. The lowest BCUT2D eigenvalue weighted by Crippen LogP contribution is -2.43. The second-order valence-corrected chi connectivity index (χ2v) is 8.59. The van der Waals surface area contributed by atoms with Crippen LogP contribution in [0.1, 0.15) is 65.5 Å². The van der Waals surface area contributed by atoms with Gasteiger partial charge in [-0.15, -0.1) is 0 Å². The summed E-state index contributed by atoms with van der Waals surface area (Å²) < 4.78 is 13.7. The molecule has 0 atom stereocenters. The van der Waals surface area contributed by atoms with Crippen LogP contribution in [0.5, 0.6) is 0 Å². The number of benzene rings is 1. The molecule has 168 valence electrons. The predicted octanol–water partition coefficient (Wildman–Crippen LogP) is 3.44. The van der Waals surface area contributed by atoms with Crippen molar-refractivity contribution in [2.24, 2.45) is 0 Å². The molecule has 0 saturated heterocycles. The molecule has 1 aromatic heterocycles. The smallest absolute Gasteiger partial charge is 0.256 e. The highest BCUT2D eigenvalue weighted by atomic mass is 19.1. The van der Waals surface area contributed by atoms with E-state index < -0.39 is 5.82 Å². The minimum Gasteiger partial charge on any atom is -0.358 e. The van der Waals surface area contributed by atoms with Gasteiger partial charge in [-0.3, -0.25) is 14.4 Å². The minimum atomic E-state index is -0.418. The third-order valence-electron chi connectivity index (χ3n) is 6.23. The zero-order valence-corrected chi connectivity index (χ0v) is 18.4. The van der Waals surface area contributed by atoms with E-state index in [4.69, 9.17) is 0 Å². The van der Waals surface area contributed by atoms with Gasteiger partial charge in [-0.25, -0.2) is 4.39 Å². The first-order valence-corrected chi connectivity index (χ1v) is 10.8. The number of nitrogens with one attached hydrogen (secondary N) is 4. The summed E-state index contributed by atoms with van der Waals surface area (Å²) in [4.78, 5) is 39.9. The average Bonchev–Trinajstić information content (AvgIpc) is 3.18. The molecule has 4 N–H and O–H groups in total. The van der Waals surface area contributed by atoms with Gasteiger partial charge in [0.05, 0.1) is 11.1 Å². The Hall–Kier alpha value is -3.42. The molecule has 2 aromatic rings. The Morgan fingerprint density at radius 3 is 2.41 bits per heavy atom. The molecular formula is C24H27FN4O3. The first-order chi connectivity index (χ1) is 15.2. The largest absolute Gasteiger partial charge is 0.358 e. The number of hydrogen-bond acceptors (Lipinski definition) is 3. The van der Waals surface area contributed by atoms with Gasteiger partial charge >= 0.3 is 0 Å². The van der Waals surface area contributed by atoms with Crippen LogP contribution in [0.25, 0.3) is 11.6 Å². The molecule has 0 radical (unpaired) electrons. The monoisotopic (exact) mass is 438 g/mol. The summed E-state index contributed by atoms with van der Waals surface area (Å²) in [6.07, 6.45) is 4.94. The molecule has 1 aliphatic heterocycles. The second kappa shape index (κ2) is 8.61. The van der Waals surface area contributed by atoms with Crippen molar-refractivity contribution in [3.63, 3.8) is 0 Å². The SMILES string of the molecule is CC(=O)NC1CCC(NC(=O)c2c(C)[nH]c(C=C3C(=O)Nc4ccc(F)cc43)c2C)CC1. The van der Waals surface area contributed by atoms with Gasteiger partial charge in [-0.05, 0) is 69.4 Å². The summed E-state index contributed by atoms with van der Waals surface area (Å²) >= 11 is 0. The maximum atomic E-state index is 13.7. The molecule has 0 bridgehead atoms. The fourth-order valence-corrected chi connectivity index (χ4v) is 4.63. The van der Waals surface area contributed by atoms with Crippen molar-refractivity contribution in [2.75, 3.05) is 5.32 Å². The number of anilines is 1. The molecule has 7 nitrogen and oxygen atoms in total. The Labute approximate surface area is 185 Å². The van der Waals surface area contributed by atoms with Crippen LogP contribution in [-0.2, 0) is 9.59 Å². The highest BCUT2D eigenvalue weighted by molar-refractivity contribution is 6.34. The number of fused-ring (bicyclic) bond motifs is 1. The van der Waals surface area contributed by atoms with Crippen LogP contribution >= 0.6 is 0 Å². The quantitative estimate of drug-likeness (QED) is 0.550. The molecule has 8 heteroatoms. The molecule has 1 fully saturated rings. The lowest BCUT2D eigenvalue weighted by Gasteiger charge is -2.29. The summed E-state index contributed by atoms with van der Waals surface area (Å²) in [5.41, 5.74) is 4.06. The zero-order chi connectivity index (χ0) is 23.0. The van der Waals surface area contributed by atoms with Crippen LogP contribution in [0.15, 0.2) is 18.2 Å². The van der Waals surface area contributed by atoms with Gasteiger partial charge in [0, 0.05) is 41.6 Å². The van der Waals surface area contributed by atoms with E-state index in [-0.39, 0.29) is 29.8 Å². The van der Waals surface area contributed by atoms with E-state index in [2.05, 4.69) is 20.9 Å². The molecule has 2 heterocycles. The number of H-pyrrole nitrogens is 1. The number of aromatic nitrogens is 1. The lowest BCUT2D eigenvalue weighted by molar-refractivity contribution is -0.119. The van der Waals surface area contributed by atoms with Crippen molar-refractivity contribution in [3.8, 4) is 0 Å². The van der Waals surface area contributed by atoms with E-state index in [1.807, 2.05) is 13.8 Å². The van der Waals surface area contributed by atoms with Gasteiger partial charge in [0.2, 0.25) is 5.91 Å². The number of aryl methyl sites for hydroxylation is 1. The number of carbonyl (C=O) groups is 3. The van der Waals surface area contributed by atoms with Gasteiger partial charge in [0.1, 0.15) is 5.82 Å². The summed E-state index contributed by atoms with van der Waals surface area (Å²) in [5.74, 6) is -0.914. The molecule has 3 amide bonds. The third-order valence-corrected chi connectivity index (χ3v) is 6.23. The summed E-state index contributed by atoms with van der Waals surface area (Å²) in [6.45, 7) is 5.17. The first-order valence-electron chi connectivity index (χ1n) is 10.8. The maximum absolute atomic E-state index is 13.7. The lowest BCUT2D eigenvalue weighted by atomic mass is 9.91. The molecule has 0 unspecified atom stereocenters. The van der Waals surface area contributed by atoms with Crippen LogP contribution in [-0.4, -0.2) is 34.8 Å². The molecule has 32 heavy (non-hydrogen) atoms. The summed E-state index contributed by atoms with van der Waals surface area (Å²) in [7, 11) is 0. The van der Waals surface area contributed by atoms with Crippen LogP contribution in [0.2, 0.25) is 0 Å². The number of aromatic amines is 1. The predicted molar refractivity (Wildman–Crippen MR) is 120 cm³/mol. The Balaban J connectivity index is 1.51. The van der Waals surface area contributed by atoms with E-state index in [9.17, 15) is 18.8 Å². The Morgan fingerprint density at radius 1 is 1.09 bits per heavy atom. The van der Waals surface area contributed by atoms with E-state index in [0.717, 1.165) is 31.2 Å². The fourth-order valence-electron chi connectivity index (χ4n) is 4.63. The van der Waals surface area contributed by atoms with Crippen molar-refractivity contribution in [1.29, 1.82) is 0 Å². The first kappa shape index (κ1) is 21.8. The molecular weight excluding hydrogens is 411 g/mol. The third kappa shape index (κ3) is 4.30. The Bertz CT molecular complexity index is 1130. The topological polar surface area (TPSA) is 103 Å². The minimum absolute atomic E-state index is 0.0287. The van der Waals surface area contributed by atoms with Crippen LogP contribution < -0.4 is 16.0 Å². The summed E-state index contributed by atoms with van der Waals surface area (Å²) in [6, 6.07) is 4.39. The maximum Gasteiger partial charge on any atom is 0.256 e. The highest BCUT2D eigenvalue weighted by Gasteiger charge is 2.27. The molecule has 4 rings (SSSR count).